The number of aryl methyl sites for hydroxylation is 1. The number of esters is 1. The predicted octanol–water partition coefficient (Wildman–Crippen LogP) is 2.28. The Balaban J connectivity index is 0.00000338. The van der Waals surface area contributed by atoms with E-state index >= 15 is 0 Å². The zero-order valence-electron chi connectivity index (χ0n) is 15.6. The Kier molecular flexibility index (Phi) is 7.31. The number of rotatable bonds is 5. The maximum atomic E-state index is 12.6. The summed E-state index contributed by atoms with van der Waals surface area (Å²) in [6, 6.07) is -0.572. The van der Waals surface area contributed by atoms with E-state index in [1.165, 1.54) is 7.11 Å². The van der Waals surface area contributed by atoms with Gasteiger partial charge >= 0.3 is 5.97 Å². The molecule has 0 aliphatic rings. The molecular weight excluding hydrogens is 378 g/mol. The molecule has 0 saturated carbocycles. The van der Waals surface area contributed by atoms with Gasteiger partial charge in [-0.2, -0.15) is 5.10 Å². The molecule has 1 atom stereocenters. The molecule has 0 fully saturated rings. The standard InChI is InChI=1S/C16H23N5O3S.ClH/c1-16(2,3)12-11(14(23)24-6)25-15(19-12)20-13(22)10(17-4)9-7-18-21(5)8-9;/h7-8,10,17H,1-6H3,(H,19,20,22);1H. The Hall–Kier alpha value is -1.97. The monoisotopic (exact) mass is 401 g/mol. The van der Waals surface area contributed by atoms with Crippen LogP contribution in [0.5, 0.6) is 0 Å². The second-order valence-corrected chi connectivity index (χ2v) is 7.60. The minimum atomic E-state index is -0.572. The lowest BCUT2D eigenvalue weighted by Gasteiger charge is -2.16. The number of nitrogens with one attached hydrogen (secondary N) is 2. The van der Waals surface area contributed by atoms with Crippen LogP contribution in [0.3, 0.4) is 0 Å². The molecule has 1 unspecified atom stereocenters. The van der Waals surface area contributed by atoms with E-state index in [4.69, 9.17) is 4.74 Å². The van der Waals surface area contributed by atoms with Crippen molar-refractivity contribution in [3.8, 4) is 0 Å². The molecular formula is C16H24ClN5O3S. The zero-order chi connectivity index (χ0) is 18.8. The fraction of sp³-hybridized carbons (Fsp3) is 0.500. The first-order chi connectivity index (χ1) is 11.7. The van der Waals surface area contributed by atoms with E-state index < -0.39 is 12.0 Å². The second-order valence-electron chi connectivity index (χ2n) is 6.60. The van der Waals surface area contributed by atoms with Gasteiger partial charge in [-0.1, -0.05) is 32.1 Å². The molecule has 2 aromatic rings. The Labute approximate surface area is 162 Å². The fourth-order valence-electron chi connectivity index (χ4n) is 2.33. The number of likely N-dealkylation sites (N-methyl/N-ethyl adjacent to an activating group) is 1. The van der Waals surface area contributed by atoms with Crippen LogP contribution in [0.25, 0.3) is 0 Å². The van der Waals surface area contributed by atoms with Crippen LogP contribution < -0.4 is 10.6 Å². The summed E-state index contributed by atoms with van der Waals surface area (Å²) >= 11 is 1.11. The van der Waals surface area contributed by atoms with Crippen LogP contribution in [-0.2, 0) is 22.0 Å². The predicted molar refractivity (Wildman–Crippen MR) is 103 cm³/mol. The van der Waals surface area contributed by atoms with Crippen molar-refractivity contribution in [1.29, 1.82) is 0 Å². The number of amides is 1. The summed E-state index contributed by atoms with van der Waals surface area (Å²) < 4.78 is 6.45. The fourth-order valence-corrected chi connectivity index (χ4v) is 3.43. The van der Waals surface area contributed by atoms with Gasteiger partial charge in [-0.05, 0) is 7.05 Å². The number of thiazole rings is 1. The molecule has 2 heterocycles. The van der Waals surface area contributed by atoms with E-state index in [0.29, 0.717) is 15.7 Å². The van der Waals surface area contributed by atoms with Gasteiger partial charge in [-0.3, -0.25) is 9.48 Å². The number of aromatic nitrogens is 3. The quantitative estimate of drug-likeness (QED) is 0.746. The second kappa shape index (κ2) is 8.61. The number of halogens is 1. The third kappa shape index (κ3) is 4.80. The van der Waals surface area contributed by atoms with E-state index in [2.05, 4.69) is 20.7 Å². The topological polar surface area (TPSA) is 98.1 Å². The van der Waals surface area contributed by atoms with Crippen molar-refractivity contribution >= 4 is 40.8 Å². The first kappa shape index (κ1) is 22.1. The Morgan fingerprint density at radius 3 is 2.46 bits per heavy atom. The summed E-state index contributed by atoms with van der Waals surface area (Å²) in [5.74, 6) is -0.735. The smallest absolute Gasteiger partial charge is 0.350 e. The van der Waals surface area contributed by atoms with Gasteiger partial charge in [0.2, 0.25) is 5.91 Å². The summed E-state index contributed by atoms with van der Waals surface area (Å²) in [6.45, 7) is 5.85. The summed E-state index contributed by atoms with van der Waals surface area (Å²) in [5.41, 5.74) is 0.986. The molecule has 10 heteroatoms. The van der Waals surface area contributed by atoms with Crippen molar-refractivity contribution in [2.75, 3.05) is 19.5 Å². The Bertz CT molecular complexity index is 781. The molecule has 2 aromatic heterocycles. The van der Waals surface area contributed by atoms with Crippen molar-refractivity contribution < 1.29 is 14.3 Å². The van der Waals surface area contributed by atoms with Gasteiger partial charge in [0.1, 0.15) is 10.9 Å². The third-order valence-electron chi connectivity index (χ3n) is 3.55. The number of nitrogens with zero attached hydrogens (tertiary/aromatic N) is 3. The first-order valence-corrected chi connectivity index (χ1v) is 8.55. The van der Waals surface area contributed by atoms with Crippen LogP contribution in [0.1, 0.15) is 47.7 Å². The van der Waals surface area contributed by atoms with E-state index in [9.17, 15) is 9.59 Å². The minimum Gasteiger partial charge on any atom is -0.465 e. The molecule has 0 aliphatic carbocycles. The average Bonchev–Trinajstić information content (AvgIpc) is 3.13. The molecule has 144 valence electrons. The lowest BCUT2D eigenvalue weighted by Crippen LogP contribution is -2.30. The SMILES string of the molecule is CNC(C(=O)Nc1nc(C(C)(C)C)c(C(=O)OC)s1)c1cnn(C)c1.Cl. The van der Waals surface area contributed by atoms with Crippen LogP contribution in [0.4, 0.5) is 5.13 Å². The van der Waals surface area contributed by atoms with Crippen molar-refractivity contribution in [1.82, 2.24) is 20.1 Å². The van der Waals surface area contributed by atoms with Crippen molar-refractivity contribution in [3.05, 3.63) is 28.5 Å². The van der Waals surface area contributed by atoms with Crippen LogP contribution in [0.2, 0.25) is 0 Å². The maximum Gasteiger partial charge on any atom is 0.350 e. The average molecular weight is 402 g/mol. The highest BCUT2D eigenvalue weighted by molar-refractivity contribution is 7.17. The molecule has 1 amide bonds. The van der Waals surface area contributed by atoms with Gasteiger partial charge in [0, 0.05) is 24.2 Å². The molecule has 2 rings (SSSR count). The van der Waals surface area contributed by atoms with Crippen LogP contribution >= 0.6 is 23.7 Å². The number of ether oxygens (including phenoxy) is 1. The molecule has 0 saturated heterocycles. The Morgan fingerprint density at radius 1 is 1.35 bits per heavy atom. The number of carbonyl (C=O) groups excluding carboxylic acids is 2. The Morgan fingerprint density at radius 2 is 2.00 bits per heavy atom. The number of hydrogen-bond acceptors (Lipinski definition) is 7. The first-order valence-electron chi connectivity index (χ1n) is 7.73. The molecule has 0 aromatic carbocycles. The number of hydrogen-bond donors (Lipinski definition) is 2. The third-order valence-corrected chi connectivity index (χ3v) is 4.50. The van der Waals surface area contributed by atoms with Gasteiger partial charge in [-0.25, -0.2) is 9.78 Å². The van der Waals surface area contributed by atoms with Crippen molar-refractivity contribution in [2.45, 2.75) is 32.2 Å². The number of anilines is 1. The van der Waals surface area contributed by atoms with E-state index in [-0.39, 0.29) is 23.7 Å². The molecule has 8 nitrogen and oxygen atoms in total. The van der Waals surface area contributed by atoms with E-state index in [1.54, 1.807) is 31.2 Å². The van der Waals surface area contributed by atoms with Gasteiger partial charge in [0.25, 0.3) is 0 Å². The van der Waals surface area contributed by atoms with Gasteiger partial charge < -0.3 is 15.4 Å². The van der Waals surface area contributed by atoms with E-state index in [1.807, 2.05) is 20.8 Å². The van der Waals surface area contributed by atoms with Crippen LogP contribution in [-0.4, -0.2) is 40.8 Å². The maximum absolute atomic E-state index is 12.6. The summed E-state index contributed by atoms with van der Waals surface area (Å²) in [7, 11) is 4.80. The van der Waals surface area contributed by atoms with E-state index in [0.717, 1.165) is 16.9 Å². The zero-order valence-corrected chi connectivity index (χ0v) is 17.2. The van der Waals surface area contributed by atoms with Crippen LogP contribution in [0, 0.1) is 0 Å². The molecule has 0 bridgehead atoms. The van der Waals surface area contributed by atoms with Gasteiger partial charge in [0.15, 0.2) is 5.13 Å². The molecule has 26 heavy (non-hydrogen) atoms. The largest absolute Gasteiger partial charge is 0.465 e. The van der Waals surface area contributed by atoms with Crippen molar-refractivity contribution in [2.24, 2.45) is 7.05 Å². The highest BCUT2D eigenvalue weighted by Crippen LogP contribution is 2.33. The summed E-state index contributed by atoms with van der Waals surface area (Å²) in [6.07, 6.45) is 3.39. The minimum absolute atomic E-state index is 0. The van der Waals surface area contributed by atoms with Crippen LogP contribution in [0.15, 0.2) is 12.4 Å². The summed E-state index contributed by atoms with van der Waals surface area (Å²) in [4.78, 5) is 29.4. The highest BCUT2D eigenvalue weighted by atomic mass is 35.5. The van der Waals surface area contributed by atoms with Crippen molar-refractivity contribution in [3.63, 3.8) is 0 Å². The summed E-state index contributed by atoms with van der Waals surface area (Å²) in [5, 5.41) is 10.2. The number of methoxy groups -OCH3 is 1. The molecule has 0 spiro atoms. The lowest BCUT2D eigenvalue weighted by molar-refractivity contribution is -0.118. The lowest BCUT2D eigenvalue weighted by atomic mass is 9.91. The molecule has 0 aliphatic heterocycles. The molecule has 2 N–H and O–H groups in total. The normalized spacial score (nSPS) is 12.2. The van der Waals surface area contributed by atoms with Gasteiger partial charge in [-0.15, -0.1) is 12.4 Å². The molecule has 0 radical (unpaired) electrons. The number of carbonyl (C=O) groups is 2. The van der Waals surface area contributed by atoms with Gasteiger partial charge in [0.05, 0.1) is 19.0 Å². The highest BCUT2D eigenvalue weighted by Gasteiger charge is 2.29.